The summed E-state index contributed by atoms with van der Waals surface area (Å²) in [6.07, 6.45) is 2.99. The van der Waals surface area contributed by atoms with Crippen LogP contribution in [0, 0.1) is 0 Å². The van der Waals surface area contributed by atoms with Gasteiger partial charge in [-0.25, -0.2) is 9.78 Å². The minimum Gasteiger partial charge on any atom is -0.508 e. The van der Waals surface area contributed by atoms with Crippen LogP contribution in [0.5, 0.6) is 17.2 Å². The molecule has 1 aromatic heterocycles. The lowest BCUT2D eigenvalue weighted by Gasteiger charge is -2.00. The third kappa shape index (κ3) is 7.23. The second kappa shape index (κ2) is 12.1. The molecule has 0 bridgehead atoms. The number of aromatic hydroxyl groups is 3. The lowest BCUT2D eigenvalue weighted by atomic mass is 10.0. The van der Waals surface area contributed by atoms with Gasteiger partial charge in [-0.05, 0) is 53.6 Å². The largest absolute Gasteiger partial charge is 0.508 e. The van der Waals surface area contributed by atoms with Crippen molar-refractivity contribution >= 4 is 41.0 Å². The van der Waals surface area contributed by atoms with E-state index in [-0.39, 0.29) is 29.0 Å². The highest BCUT2D eigenvalue weighted by atomic mass is 16.5. The van der Waals surface area contributed by atoms with Crippen molar-refractivity contribution in [3.05, 3.63) is 113 Å². The fourth-order valence-corrected chi connectivity index (χ4v) is 3.61. The summed E-state index contributed by atoms with van der Waals surface area (Å²) in [6.45, 7) is 0. The van der Waals surface area contributed by atoms with E-state index in [0.29, 0.717) is 27.7 Å². The Morgan fingerprint density at radius 3 is 2.10 bits per heavy atom. The lowest BCUT2D eigenvalue weighted by Crippen LogP contribution is -2.11. The van der Waals surface area contributed by atoms with Gasteiger partial charge in [0.15, 0.2) is 5.78 Å². The SMILES string of the molecule is COC(=O)Nc1nc2ccc(C(=O)c3ccccc3)cc2[nH]1.Oc1ccc(C=Cc2cc(O)cc(O)c2)cc1. The number of carbonyl (C=O) groups excluding carboxylic acids is 2. The quantitative estimate of drug-likeness (QED) is 0.141. The fourth-order valence-electron chi connectivity index (χ4n) is 3.61. The van der Waals surface area contributed by atoms with Gasteiger partial charge >= 0.3 is 6.09 Å². The summed E-state index contributed by atoms with van der Waals surface area (Å²) in [5, 5.41) is 30.2. The zero-order valence-electron chi connectivity index (χ0n) is 20.8. The van der Waals surface area contributed by atoms with Crippen LogP contribution in [0.2, 0.25) is 0 Å². The molecule has 5 N–H and O–H groups in total. The molecule has 0 unspecified atom stereocenters. The number of ketones is 1. The maximum atomic E-state index is 12.4. The number of aromatic amines is 1. The molecular formula is C30H25N3O6. The van der Waals surface area contributed by atoms with Crippen LogP contribution in [0.25, 0.3) is 23.2 Å². The molecule has 5 aromatic rings. The monoisotopic (exact) mass is 523 g/mol. The number of aromatic nitrogens is 2. The molecule has 9 heteroatoms. The number of phenols is 3. The van der Waals surface area contributed by atoms with Crippen molar-refractivity contribution in [2.45, 2.75) is 0 Å². The number of methoxy groups -OCH3 is 1. The van der Waals surface area contributed by atoms with Gasteiger partial charge in [0, 0.05) is 17.2 Å². The summed E-state index contributed by atoms with van der Waals surface area (Å²) in [5.41, 5.74) is 4.10. The highest BCUT2D eigenvalue weighted by Gasteiger charge is 2.12. The van der Waals surface area contributed by atoms with Gasteiger partial charge in [0.2, 0.25) is 5.95 Å². The Kier molecular flexibility index (Phi) is 8.23. The molecule has 1 heterocycles. The summed E-state index contributed by atoms with van der Waals surface area (Å²) < 4.78 is 4.51. The first-order chi connectivity index (χ1) is 18.8. The van der Waals surface area contributed by atoms with Gasteiger partial charge in [-0.2, -0.15) is 0 Å². The summed E-state index contributed by atoms with van der Waals surface area (Å²) in [5.74, 6) is 0.466. The topological polar surface area (TPSA) is 145 Å². The minimum absolute atomic E-state index is 0.0235. The predicted octanol–water partition coefficient (Wildman–Crippen LogP) is 5.95. The molecule has 0 fully saturated rings. The maximum absolute atomic E-state index is 12.4. The van der Waals surface area contributed by atoms with Crippen molar-refractivity contribution in [2.75, 3.05) is 12.4 Å². The zero-order chi connectivity index (χ0) is 27.8. The van der Waals surface area contributed by atoms with Crippen molar-refractivity contribution in [2.24, 2.45) is 0 Å². The smallest absolute Gasteiger partial charge is 0.413 e. The minimum atomic E-state index is -0.611. The van der Waals surface area contributed by atoms with Crippen molar-refractivity contribution in [1.82, 2.24) is 9.97 Å². The van der Waals surface area contributed by atoms with Gasteiger partial charge in [0.25, 0.3) is 0 Å². The fraction of sp³-hybridized carbons (Fsp3) is 0.0333. The van der Waals surface area contributed by atoms with Crippen molar-refractivity contribution in [3.8, 4) is 17.2 Å². The summed E-state index contributed by atoms with van der Waals surface area (Å²) in [6, 6.07) is 25.3. The van der Waals surface area contributed by atoms with Crippen molar-refractivity contribution < 1.29 is 29.6 Å². The summed E-state index contributed by atoms with van der Waals surface area (Å²) >= 11 is 0. The van der Waals surface area contributed by atoms with Crippen LogP contribution in [-0.2, 0) is 4.74 Å². The first-order valence-electron chi connectivity index (χ1n) is 11.8. The number of carbonyl (C=O) groups is 2. The van der Waals surface area contributed by atoms with E-state index < -0.39 is 6.09 Å². The number of anilines is 1. The van der Waals surface area contributed by atoms with Crippen LogP contribution in [0.4, 0.5) is 10.7 Å². The normalized spacial score (nSPS) is 10.6. The summed E-state index contributed by atoms with van der Waals surface area (Å²) in [4.78, 5) is 30.7. The van der Waals surface area contributed by atoms with E-state index in [1.165, 1.54) is 13.2 Å². The molecule has 0 aliphatic carbocycles. The van der Waals surface area contributed by atoms with Gasteiger partial charge in [0.1, 0.15) is 17.2 Å². The average molecular weight is 524 g/mol. The zero-order valence-corrected chi connectivity index (χ0v) is 20.8. The molecule has 0 atom stereocenters. The van der Waals surface area contributed by atoms with Crippen LogP contribution >= 0.6 is 0 Å². The lowest BCUT2D eigenvalue weighted by molar-refractivity contribution is 0.103. The molecule has 196 valence electrons. The van der Waals surface area contributed by atoms with Gasteiger partial charge in [-0.1, -0.05) is 54.6 Å². The average Bonchev–Trinajstić information content (AvgIpc) is 3.34. The molecule has 0 saturated heterocycles. The Labute approximate surface area is 223 Å². The Hall–Kier alpha value is -5.57. The number of benzene rings is 4. The first kappa shape index (κ1) is 26.5. The van der Waals surface area contributed by atoms with E-state index in [4.69, 9.17) is 5.11 Å². The van der Waals surface area contributed by atoms with Crippen LogP contribution in [-0.4, -0.2) is 44.3 Å². The van der Waals surface area contributed by atoms with E-state index in [1.807, 2.05) is 24.3 Å². The van der Waals surface area contributed by atoms with Crippen LogP contribution in [0.1, 0.15) is 27.0 Å². The number of ether oxygens (including phenoxy) is 1. The highest BCUT2D eigenvalue weighted by Crippen LogP contribution is 2.22. The number of nitrogens with one attached hydrogen (secondary N) is 2. The number of phenolic OH excluding ortho intramolecular Hbond substituents is 3. The van der Waals surface area contributed by atoms with E-state index >= 15 is 0 Å². The number of fused-ring (bicyclic) bond motifs is 1. The maximum Gasteiger partial charge on any atom is 0.413 e. The number of H-pyrrole nitrogens is 1. The molecule has 0 saturated carbocycles. The Bertz CT molecular complexity index is 1610. The van der Waals surface area contributed by atoms with E-state index in [9.17, 15) is 19.8 Å². The highest BCUT2D eigenvalue weighted by molar-refractivity contribution is 6.10. The first-order valence-corrected chi connectivity index (χ1v) is 11.8. The second-order valence-electron chi connectivity index (χ2n) is 8.34. The number of hydrogen-bond acceptors (Lipinski definition) is 7. The molecule has 0 aliphatic heterocycles. The molecule has 5 rings (SSSR count). The number of imidazole rings is 1. The third-order valence-electron chi connectivity index (χ3n) is 5.47. The van der Waals surface area contributed by atoms with E-state index in [2.05, 4.69) is 20.0 Å². The number of hydrogen-bond donors (Lipinski definition) is 5. The molecule has 4 aromatic carbocycles. The molecule has 9 nitrogen and oxygen atoms in total. The van der Waals surface area contributed by atoms with Gasteiger partial charge in [-0.15, -0.1) is 0 Å². The number of nitrogens with zero attached hydrogens (tertiary/aromatic N) is 1. The van der Waals surface area contributed by atoms with Gasteiger partial charge < -0.3 is 25.0 Å². The summed E-state index contributed by atoms with van der Waals surface area (Å²) in [7, 11) is 1.27. The Balaban J connectivity index is 0.000000187. The second-order valence-corrected chi connectivity index (χ2v) is 8.34. The molecule has 0 aliphatic rings. The van der Waals surface area contributed by atoms with E-state index in [1.54, 1.807) is 72.8 Å². The number of rotatable bonds is 5. The molecule has 0 radical (unpaired) electrons. The van der Waals surface area contributed by atoms with Crippen LogP contribution in [0.15, 0.2) is 91.0 Å². The van der Waals surface area contributed by atoms with Crippen molar-refractivity contribution in [3.63, 3.8) is 0 Å². The number of amides is 1. The predicted molar refractivity (Wildman–Crippen MR) is 149 cm³/mol. The Morgan fingerprint density at radius 1 is 0.769 bits per heavy atom. The molecular weight excluding hydrogens is 498 g/mol. The van der Waals surface area contributed by atoms with Gasteiger partial charge in [-0.3, -0.25) is 10.1 Å². The van der Waals surface area contributed by atoms with Crippen LogP contribution < -0.4 is 5.32 Å². The van der Waals surface area contributed by atoms with Gasteiger partial charge in [0.05, 0.1) is 18.1 Å². The molecule has 1 amide bonds. The molecule has 0 spiro atoms. The van der Waals surface area contributed by atoms with Crippen molar-refractivity contribution in [1.29, 1.82) is 0 Å². The van der Waals surface area contributed by atoms with E-state index in [0.717, 1.165) is 5.56 Å². The third-order valence-corrected chi connectivity index (χ3v) is 5.47. The van der Waals surface area contributed by atoms with Crippen LogP contribution in [0.3, 0.4) is 0 Å². The standard InChI is InChI=1S/C16H13N3O3.C14H12O3/c1-22-16(21)19-15-17-12-8-7-11(9-13(12)18-15)14(20)10-5-3-2-4-6-10;15-12-5-3-10(4-6-12)1-2-11-7-13(16)9-14(17)8-11/h2-9H,1H3,(H2,17,18,19,21);1-9,15-17H. The Morgan fingerprint density at radius 2 is 1.44 bits per heavy atom. The molecule has 39 heavy (non-hydrogen) atoms.